The van der Waals surface area contributed by atoms with Gasteiger partial charge in [-0.25, -0.2) is 8.42 Å². The molecule has 0 heterocycles. The van der Waals surface area contributed by atoms with Crippen LogP contribution in [0.1, 0.15) is 33.6 Å². The SMILES string of the molecule is CCOc1ccc(S(=O)(=O)N(CC)CC)cc1NC(=O)CNCC1CC1.Cl. The number of carbonyl (C=O) groups excluding carboxylic acids is 1. The van der Waals surface area contributed by atoms with Crippen molar-refractivity contribution in [1.29, 1.82) is 0 Å². The molecular weight excluding hydrogens is 390 g/mol. The third-order valence-electron chi connectivity index (χ3n) is 4.28. The van der Waals surface area contributed by atoms with Gasteiger partial charge in [-0.1, -0.05) is 13.8 Å². The lowest BCUT2D eigenvalue weighted by molar-refractivity contribution is -0.115. The number of hydrogen-bond donors (Lipinski definition) is 2. The minimum atomic E-state index is -3.60. The van der Waals surface area contributed by atoms with E-state index in [0.29, 0.717) is 37.1 Å². The van der Waals surface area contributed by atoms with Crippen molar-refractivity contribution in [2.24, 2.45) is 5.92 Å². The molecule has 7 nitrogen and oxygen atoms in total. The fourth-order valence-corrected chi connectivity index (χ4v) is 4.15. The summed E-state index contributed by atoms with van der Waals surface area (Å²) >= 11 is 0. The van der Waals surface area contributed by atoms with Gasteiger partial charge >= 0.3 is 0 Å². The van der Waals surface area contributed by atoms with E-state index in [2.05, 4.69) is 10.6 Å². The smallest absolute Gasteiger partial charge is 0.243 e. The van der Waals surface area contributed by atoms with Crippen LogP contribution in [0.25, 0.3) is 0 Å². The highest BCUT2D eigenvalue weighted by Gasteiger charge is 2.24. The van der Waals surface area contributed by atoms with Crippen LogP contribution in [0.3, 0.4) is 0 Å². The molecule has 0 saturated heterocycles. The summed E-state index contributed by atoms with van der Waals surface area (Å²) < 4.78 is 32.3. The molecule has 1 saturated carbocycles. The third-order valence-corrected chi connectivity index (χ3v) is 6.33. The number of nitrogens with one attached hydrogen (secondary N) is 2. The van der Waals surface area contributed by atoms with Gasteiger partial charge in [-0.2, -0.15) is 4.31 Å². The topological polar surface area (TPSA) is 87.7 Å². The van der Waals surface area contributed by atoms with Gasteiger partial charge in [0.15, 0.2) is 0 Å². The minimum absolute atomic E-state index is 0. The highest BCUT2D eigenvalue weighted by atomic mass is 35.5. The largest absolute Gasteiger partial charge is 0.492 e. The molecule has 0 atom stereocenters. The molecule has 0 aromatic heterocycles. The summed E-state index contributed by atoms with van der Waals surface area (Å²) in [4.78, 5) is 12.3. The first kappa shape index (κ1) is 23.7. The zero-order chi connectivity index (χ0) is 19.2. The van der Waals surface area contributed by atoms with Crippen LogP contribution in [0.2, 0.25) is 0 Å². The first-order valence-electron chi connectivity index (χ1n) is 9.19. The Kier molecular flexibility index (Phi) is 9.52. The van der Waals surface area contributed by atoms with Crippen LogP contribution >= 0.6 is 12.4 Å². The van der Waals surface area contributed by atoms with Crippen molar-refractivity contribution in [3.63, 3.8) is 0 Å². The van der Waals surface area contributed by atoms with Crippen LogP contribution < -0.4 is 15.4 Å². The Balaban J connectivity index is 0.00000364. The van der Waals surface area contributed by atoms with Crippen LogP contribution in [0.15, 0.2) is 23.1 Å². The maximum absolute atomic E-state index is 12.7. The summed E-state index contributed by atoms with van der Waals surface area (Å²) in [5.41, 5.74) is 0.373. The van der Waals surface area contributed by atoms with E-state index in [1.54, 1.807) is 19.9 Å². The summed E-state index contributed by atoms with van der Waals surface area (Å²) in [6, 6.07) is 4.57. The van der Waals surface area contributed by atoms with E-state index < -0.39 is 10.0 Å². The number of halogens is 1. The van der Waals surface area contributed by atoms with Crippen molar-refractivity contribution < 1.29 is 17.9 Å². The molecule has 1 fully saturated rings. The Bertz CT molecular complexity index is 719. The van der Waals surface area contributed by atoms with Gasteiger partial charge < -0.3 is 15.4 Å². The molecular formula is C18H30ClN3O4S. The predicted octanol–water partition coefficient (Wildman–Crippen LogP) is 2.48. The maximum atomic E-state index is 12.7. The van der Waals surface area contributed by atoms with Gasteiger partial charge in [0.2, 0.25) is 15.9 Å². The molecule has 0 radical (unpaired) electrons. The number of amides is 1. The second kappa shape index (κ2) is 10.8. The van der Waals surface area contributed by atoms with Crippen LogP contribution in [0, 0.1) is 5.92 Å². The molecule has 9 heteroatoms. The summed E-state index contributed by atoms with van der Waals surface area (Å²) in [5, 5.41) is 5.89. The lowest BCUT2D eigenvalue weighted by atomic mass is 10.3. The van der Waals surface area contributed by atoms with Crippen LogP contribution in [0.5, 0.6) is 5.75 Å². The maximum Gasteiger partial charge on any atom is 0.243 e. The van der Waals surface area contributed by atoms with E-state index in [0.717, 1.165) is 6.54 Å². The molecule has 154 valence electrons. The monoisotopic (exact) mass is 419 g/mol. The fourth-order valence-electron chi connectivity index (χ4n) is 2.67. The van der Waals surface area contributed by atoms with Gasteiger partial charge in [-0.3, -0.25) is 4.79 Å². The van der Waals surface area contributed by atoms with Crippen molar-refractivity contribution in [2.75, 3.05) is 38.1 Å². The number of nitrogens with zero attached hydrogens (tertiary/aromatic N) is 1. The third kappa shape index (κ3) is 6.64. The van der Waals surface area contributed by atoms with Gasteiger partial charge in [0.1, 0.15) is 5.75 Å². The quantitative estimate of drug-likeness (QED) is 0.575. The number of rotatable bonds is 11. The average Bonchev–Trinajstić information content (AvgIpc) is 3.41. The molecule has 0 unspecified atom stereocenters. The Labute approximate surface area is 168 Å². The normalized spacial score (nSPS) is 13.9. The molecule has 1 aliphatic carbocycles. The number of hydrogen-bond acceptors (Lipinski definition) is 5. The number of benzene rings is 1. The van der Waals surface area contributed by atoms with Gasteiger partial charge in [0.05, 0.1) is 23.7 Å². The Morgan fingerprint density at radius 3 is 2.44 bits per heavy atom. The van der Waals surface area contributed by atoms with Crippen LogP contribution in [-0.2, 0) is 14.8 Å². The highest BCUT2D eigenvalue weighted by Crippen LogP contribution is 2.29. The van der Waals surface area contributed by atoms with Gasteiger partial charge in [0, 0.05) is 13.1 Å². The molecule has 0 bridgehead atoms. The molecule has 1 amide bonds. The van der Waals surface area contributed by atoms with Crippen molar-refractivity contribution in [2.45, 2.75) is 38.5 Å². The van der Waals surface area contributed by atoms with Crippen molar-refractivity contribution in [3.05, 3.63) is 18.2 Å². The van der Waals surface area contributed by atoms with E-state index in [-0.39, 0.29) is 29.8 Å². The molecule has 0 spiro atoms. The molecule has 2 rings (SSSR count). The summed E-state index contributed by atoms with van der Waals surface area (Å²) in [7, 11) is -3.60. The van der Waals surface area contributed by atoms with E-state index in [1.165, 1.54) is 29.3 Å². The van der Waals surface area contributed by atoms with Crippen molar-refractivity contribution in [1.82, 2.24) is 9.62 Å². The Morgan fingerprint density at radius 2 is 1.89 bits per heavy atom. The van der Waals surface area contributed by atoms with E-state index in [1.807, 2.05) is 6.92 Å². The lowest BCUT2D eigenvalue weighted by Crippen LogP contribution is -2.31. The van der Waals surface area contributed by atoms with Crippen molar-refractivity contribution in [3.8, 4) is 5.75 Å². The minimum Gasteiger partial charge on any atom is -0.492 e. The van der Waals surface area contributed by atoms with Gasteiger partial charge in [-0.15, -0.1) is 12.4 Å². The number of sulfonamides is 1. The fraction of sp³-hybridized carbons (Fsp3) is 0.611. The molecule has 1 aromatic carbocycles. The molecule has 1 aromatic rings. The number of ether oxygens (including phenoxy) is 1. The summed E-state index contributed by atoms with van der Waals surface area (Å²) in [6.45, 7) is 7.65. The molecule has 2 N–H and O–H groups in total. The van der Waals surface area contributed by atoms with Crippen LogP contribution in [-0.4, -0.2) is 51.4 Å². The van der Waals surface area contributed by atoms with E-state index in [4.69, 9.17) is 4.74 Å². The lowest BCUT2D eigenvalue weighted by Gasteiger charge is -2.20. The summed E-state index contributed by atoms with van der Waals surface area (Å²) in [6.07, 6.45) is 2.43. The second-order valence-corrected chi connectivity index (χ2v) is 8.24. The average molecular weight is 420 g/mol. The zero-order valence-electron chi connectivity index (χ0n) is 16.2. The number of carbonyl (C=O) groups is 1. The predicted molar refractivity (Wildman–Crippen MR) is 109 cm³/mol. The molecule has 0 aliphatic heterocycles. The van der Waals surface area contributed by atoms with Gasteiger partial charge in [-0.05, 0) is 50.4 Å². The zero-order valence-corrected chi connectivity index (χ0v) is 17.8. The summed E-state index contributed by atoms with van der Waals surface area (Å²) in [5.74, 6) is 0.926. The second-order valence-electron chi connectivity index (χ2n) is 6.30. The Morgan fingerprint density at radius 1 is 1.22 bits per heavy atom. The van der Waals surface area contributed by atoms with Gasteiger partial charge in [0.25, 0.3) is 0 Å². The highest BCUT2D eigenvalue weighted by molar-refractivity contribution is 7.89. The van der Waals surface area contributed by atoms with E-state index in [9.17, 15) is 13.2 Å². The first-order chi connectivity index (χ1) is 12.4. The molecule has 27 heavy (non-hydrogen) atoms. The van der Waals surface area contributed by atoms with Crippen molar-refractivity contribution >= 4 is 34.0 Å². The van der Waals surface area contributed by atoms with Crippen LogP contribution in [0.4, 0.5) is 5.69 Å². The molecule has 1 aliphatic rings. The number of anilines is 1. The standard InChI is InChI=1S/C18H29N3O4S.ClH/c1-4-21(5-2)26(23,24)15-9-10-17(25-6-3)16(11-15)20-18(22)13-19-12-14-7-8-14;/h9-11,14,19H,4-8,12-13H2,1-3H3,(H,20,22);1H. The first-order valence-corrected chi connectivity index (χ1v) is 10.6. The van der Waals surface area contributed by atoms with E-state index >= 15 is 0 Å². The Hall–Kier alpha value is -1.35.